The Morgan fingerprint density at radius 1 is 1.16 bits per heavy atom. The molecular weight excluding hydrogens is 326 g/mol. The predicted octanol–water partition coefficient (Wildman–Crippen LogP) is 4.70. The first-order valence-electron chi connectivity index (χ1n) is 5.86. The van der Waals surface area contributed by atoms with Crippen LogP contribution in [0.5, 0.6) is 11.5 Å². The molecule has 2 aromatic rings. The number of thiophene rings is 1. The molecule has 1 N–H and O–H groups in total. The fraction of sp³-hybridized carbons (Fsp3) is 0.286. The quantitative estimate of drug-likeness (QED) is 0.854. The van der Waals surface area contributed by atoms with Crippen LogP contribution in [0.1, 0.15) is 17.8 Å². The summed E-state index contributed by atoms with van der Waals surface area (Å²) in [6, 6.07) is 8.20. The van der Waals surface area contributed by atoms with Crippen LogP contribution in [-0.4, -0.2) is 14.2 Å². The highest BCUT2D eigenvalue weighted by Gasteiger charge is 2.10. The lowest BCUT2D eigenvalue weighted by molar-refractivity contribution is 0.355. The summed E-state index contributed by atoms with van der Waals surface area (Å²) in [7, 11) is 3.28. The number of anilines is 1. The number of halogens is 1. The molecule has 0 saturated carbocycles. The molecule has 1 atom stereocenters. The second-order valence-electron chi connectivity index (χ2n) is 4.10. The van der Waals surface area contributed by atoms with Crippen LogP contribution in [0.3, 0.4) is 0 Å². The zero-order valence-corrected chi connectivity index (χ0v) is 13.5. The maximum atomic E-state index is 5.30. The molecule has 0 fully saturated rings. The lowest BCUT2D eigenvalue weighted by atomic mass is 10.2. The summed E-state index contributed by atoms with van der Waals surface area (Å²) >= 11 is 5.20. The minimum Gasteiger partial charge on any atom is -0.493 e. The van der Waals surface area contributed by atoms with Crippen molar-refractivity contribution in [2.45, 2.75) is 13.0 Å². The highest BCUT2D eigenvalue weighted by molar-refractivity contribution is 9.10. The van der Waals surface area contributed by atoms with Crippen molar-refractivity contribution in [3.8, 4) is 11.5 Å². The summed E-state index contributed by atoms with van der Waals surface area (Å²) in [5.74, 6) is 1.46. The molecule has 1 unspecified atom stereocenters. The van der Waals surface area contributed by atoms with E-state index < -0.39 is 0 Å². The van der Waals surface area contributed by atoms with Crippen molar-refractivity contribution in [2.24, 2.45) is 0 Å². The summed E-state index contributed by atoms with van der Waals surface area (Å²) in [6.07, 6.45) is 0. The number of methoxy groups -OCH3 is 2. The van der Waals surface area contributed by atoms with Gasteiger partial charge in [0.15, 0.2) is 11.5 Å². The van der Waals surface area contributed by atoms with Crippen LogP contribution in [0.15, 0.2) is 34.1 Å². The van der Waals surface area contributed by atoms with Crippen LogP contribution >= 0.6 is 27.3 Å². The molecule has 102 valence electrons. The van der Waals surface area contributed by atoms with Gasteiger partial charge in [-0.05, 0) is 41.1 Å². The predicted molar refractivity (Wildman–Crippen MR) is 83.6 cm³/mol. The molecule has 0 radical (unpaired) electrons. The van der Waals surface area contributed by atoms with Gasteiger partial charge >= 0.3 is 0 Å². The molecule has 0 bridgehead atoms. The fourth-order valence-electron chi connectivity index (χ4n) is 1.80. The molecule has 0 saturated heterocycles. The Labute approximate surface area is 125 Å². The Bertz CT molecular complexity index is 556. The molecule has 5 heteroatoms. The molecule has 0 aliphatic rings. The zero-order valence-electron chi connectivity index (χ0n) is 11.1. The molecule has 1 heterocycles. The first-order chi connectivity index (χ1) is 9.13. The van der Waals surface area contributed by atoms with Crippen molar-refractivity contribution in [2.75, 3.05) is 19.5 Å². The Morgan fingerprint density at radius 2 is 1.89 bits per heavy atom. The molecular formula is C14H16BrNO2S. The molecule has 0 aliphatic heterocycles. The number of ether oxygens (including phenoxy) is 2. The van der Waals surface area contributed by atoms with Gasteiger partial charge in [0.05, 0.1) is 20.3 Å². The van der Waals surface area contributed by atoms with Crippen molar-refractivity contribution in [3.63, 3.8) is 0 Å². The minimum atomic E-state index is 0.245. The topological polar surface area (TPSA) is 30.5 Å². The number of hydrogen-bond acceptors (Lipinski definition) is 4. The van der Waals surface area contributed by atoms with Gasteiger partial charge in [0.2, 0.25) is 0 Å². The van der Waals surface area contributed by atoms with Crippen LogP contribution in [0, 0.1) is 0 Å². The van der Waals surface area contributed by atoms with Crippen molar-refractivity contribution < 1.29 is 9.47 Å². The second kappa shape index (κ2) is 6.30. The third kappa shape index (κ3) is 3.42. The first kappa shape index (κ1) is 14.2. The second-order valence-corrected chi connectivity index (χ2v) is 5.96. The Hall–Kier alpha value is -1.20. The number of nitrogens with one attached hydrogen (secondary N) is 1. The Balaban J connectivity index is 2.14. The van der Waals surface area contributed by atoms with Gasteiger partial charge in [-0.25, -0.2) is 0 Å². The third-order valence-corrected chi connectivity index (χ3v) is 4.66. The third-order valence-electron chi connectivity index (χ3n) is 2.78. The fourth-order valence-corrected chi connectivity index (χ4v) is 3.26. The van der Waals surface area contributed by atoms with E-state index in [9.17, 15) is 0 Å². The van der Waals surface area contributed by atoms with Gasteiger partial charge < -0.3 is 14.8 Å². The highest BCUT2D eigenvalue weighted by Crippen LogP contribution is 2.32. The molecule has 1 aromatic heterocycles. The molecule has 0 aliphatic carbocycles. The van der Waals surface area contributed by atoms with E-state index in [0.29, 0.717) is 0 Å². The van der Waals surface area contributed by atoms with Crippen LogP contribution in [-0.2, 0) is 0 Å². The van der Waals surface area contributed by atoms with Gasteiger partial charge in [-0.1, -0.05) is 0 Å². The summed E-state index contributed by atoms with van der Waals surface area (Å²) in [5.41, 5.74) is 1.01. The van der Waals surface area contributed by atoms with Gasteiger partial charge in [0.25, 0.3) is 0 Å². The maximum Gasteiger partial charge on any atom is 0.162 e. The highest BCUT2D eigenvalue weighted by atomic mass is 79.9. The average molecular weight is 342 g/mol. The van der Waals surface area contributed by atoms with Crippen molar-refractivity contribution in [3.05, 3.63) is 39.0 Å². The minimum absolute atomic E-state index is 0.245. The lowest BCUT2D eigenvalue weighted by Gasteiger charge is -2.15. The van der Waals surface area contributed by atoms with E-state index in [2.05, 4.69) is 39.6 Å². The van der Waals surface area contributed by atoms with Crippen molar-refractivity contribution in [1.29, 1.82) is 0 Å². The van der Waals surface area contributed by atoms with Crippen LogP contribution in [0.4, 0.5) is 5.69 Å². The monoisotopic (exact) mass is 341 g/mol. The number of benzene rings is 1. The molecule has 1 aromatic carbocycles. The van der Waals surface area contributed by atoms with Gasteiger partial charge in [-0.3, -0.25) is 0 Å². The van der Waals surface area contributed by atoms with Gasteiger partial charge in [0.1, 0.15) is 0 Å². The summed E-state index contributed by atoms with van der Waals surface area (Å²) < 4.78 is 11.6. The smallest absolute Gasteiger partial charge is 0.162 e. The van der Waals surface area contributed by atoms with Crippen molar-refractivity contribution in [1.82, 2.24) is 0 Å². The first-order valence-corrected chi connectivity index (χ1v) is 7.53. The summed E-state index contributed by atoms with van der Waals surface area (Å²) in [4.78, 5) is 1.28. The molecule has 0 amide bonds. The van der Waals surface area contributed by atoms with E-state index in [1.165, 1.54) is 4.88 Å². The molecule has 2 rings (SSSR count). The lowest BCUT2D eigenvalue weighted by Crippen LogP contribution is -2.05. The average Bonchev–Trinajstić information content (AvgIpc) is 2.85. The molecule has 3 nitrogen and oxygen atoms in total. The normalized spacial score (nSPS) is 12.0. The Morgan fingerprint density at radius 3 is 2.47 bits per heavy atom. The van der Waals surface area contributed by atoms with Crippen LogP contribution in [0.2, 0.25) is 0 Å². The van der Waals surface area contributed by atoms with Gasteiger partial charge in [-0.2, -0.15) is 0 Å². The van der Waals surface area contributed by atoms with Gasteiger partial charge in [0, 0.05) is 26.5 Å². The van der Waals surface area contributed by atoms with Crippen LogP contribution < -0.4 is 14.8 Å². The van der Waals surface area contributed by atoms with Crippen molar-refractivity contribution >= 4 is 33.0 Å². The Kier molecular flexibility index (Phi) is 4.71. The van der Waals surface area contributed by atoms with E-state index in [1.54, 1.807) is 25.6 Å². The molecule has 0 spiro atoms. The standard InChI is InChI=1S/C14H16BrNO2S/c1-9(14-6-10(15)8-19-14)16-11-4-5-12(17-2)13(7-11)18-3/h4-9,16H,1-3H3. The van der Waals surface area contributed by atoms with E-state index in [0.717, 1.165) is 21.7 Å². The maximum absolute atomic E-state index is 5.30. The largest absolute Gasteiger partial charge is 0.493 e. The van der Waals surface area contributed by atoms with E-state index in [4.69, 9.17) is 9.47 Å². The van der Waals surface area contributed by atoms with E-state index in [-0.39, 0.29) is 6.04 Å². The van der Waals surface area contributed by atoms with Crippen LogP contribution in [0.25, 0.3) is 0 Å². The van der Waals surface area contributed by atoms with E-state index in [1.807, 2.05) is 18.2 Å². The zero-order chi connectivity index (χ0) is 13.8. The molecule has 19 heavy (non-hydrogen) atoms. The van der Waals surface area contributed by atoms with Gasteiger partial charge in [-0.15, -0.1) is 11.3 Å². The van der Waals surface area contributed by atoms with E-state index >= 15 is 0 Å². The summed E-state index contributed by atoms with van der Waals surface area (Å²) in [5, 5.41) is 5.54. The SMILES string of the molecule is COc1ccc(NC(C)c2cc(Br)cs2)cc1OC. The number of rotatable bonds is 5. The summed E-state index contributed by atoms with van der Waals surface area (Å²) in [6.45, 7) is 2.13. The number of hydrogen-bond donors (Lipinski definition) is 1.